The zero-order valence-corrected chi connectivity index (χ0v) is 14.8. The number of carbonyl (C=O) groups excluding carboxylic acids is 1. The lowest BCUT2D eigenvalue weighted by atomic mass is 10.1. The molecule has 156 valence electrons. The van der Waals surface area contributed by atoms with E-state index < -0.39 is 42.9 Å². The number of aromatic nitrogens is 1. The Balaban J connectivity index is 1.54. The smallest absolute Gasteiger partial charge is 0.433 e. The van der Waals surface area contributed by atoms with Crippen LogP contribution in [-0.4, -0.2) is 65.2 Å². The van der Waals surface area contributed by atoms with E-state index in [2.05, 4.69) is 4.98 Å². The number of alkyl halides is 6. The van der Waals surface area contributed by atoms with Crippen molar-refractivity contribution in [1.29, 1.82) is 0 Å². The van der Waals surface area contributed by atoms with E-state index in [0.717, 1.165) is 6.07 Å². The zero-order chi connectivity index (χ0) is 20.5. The second-order valence-electron chi connectivity index (χ2n) is 6.94. The third-order valence-corrected chi connectivity index (χ3v) is 4.85. The zero-order valence-electron chi connectivity index (χ0n) is 14.8. The highest BCUT2D eigenvalue weighted by Crippen LogP contribution is 2.30. The van der Waals surface area contributed by atoms with Crippen LogP contribution in [0, 0.1) is 0 Å². The van der Waals surface area contributed by atoms with Gasteiger partial charge in [0.05, 0.1) is 6.42 Å². The lowest BCUT2D eigenvalue weighted by Crippen LogP contribution is -2.52. The summed E-state index contributed by atoms with van der Waals surface area (Å²) >= 11 is 0. The van der Waals surface area contributed by atoms with Crippen LogP contribution in [0.4, 0.5) is 26.3 Å². The summed E-state index contributed by atoms with van der Waals surface area (Å²) in [5.41, 5.74) is -1.04. The van der Waals surface area contributed by atoms with Crippen molar-refractivity contribution in [2.75, 3.05) is 26.2 Å². The van der Waals surface area contributed by atoms with Gasteiger partial charge in [-0.05, 0) is 6.07 Å². The van der Waals surface area contributed by atoms with Gasteiger partial charge in [-0.1, -0.05) is 6.07 Å². The Morgan fingerprint density at radius 1 is 1.14 bits per heavy atom. The summed E-state index contributed by atoms with van der Waals surface area (Å²) in [7, 11) is 0. The summed E-state index contributed by atoms with van der Waals surface area (Å²) in [4.78, 5) is 18.9. The van der Waals surface area contributed by atoms with E-state index >= 15 is 0 Å². The van der Waals surface area contributed by atoms with Crippen molar-refractivity contribution >= 4 is 5.91 Å². The average Bonchev–Trinajstić information content (AvgIpc) is 2.99. The van der Waals surface area contributed by atoms with Crippen molar-refractivity contribution in [3.05, 3.63) is 23.9 Å². The molecule has 0 saturated carbocycles. The van der Waals surface area contributed by atoms with Gasteiger partial charge in [0, 0.05) is 51.1 Å². The van der Waals surface area contributed by atoms with E-state index in [0.29, 0.717) is 26.1 Å². The van der Waals surface area contributed by atoms with Crippen LogP contribution in [0.25, 0.3) is 0 Å². The molecule has 5 nitrogen and oxygen atoms in total. The van der Waals surface area contributed by atoms with Crippen molar-refractivity contribution in [2.45, 2.75) is 43.8 Å². The first-order valence-electron chi connectivity index (χ1n) is 8.81. The van der Waals surface area contributed by atoms with Crippen molar-refractivity contribution in [2.24, 2.45) is 0 Å². The molecule has 0 radical (unpaired) electrons. The van der Waals surface area contributed by atoms with Gasteiger partial charge in [0.1, 0.15) is 11.8 Å². The van der Waals surface area contributed by atoms with E-state index in [4.69, 9.17) is 4.74 Å². The fraction of sp³-hybridized carbons (Fsp3) is 0.647. The molecule has 0 aliphatic carbocycles. The third-order valence-electron chi connectivity index (χ3n) is 4.85. The number of nitrogens with zero attached hydrogens (tertiary/aromatic N) is 3. The summed E-state index contributed by atoms with van der Waals surface area (Å²) in [6.07, 6.45) is -10.6. The van der Waals surface area contributed by atoms with Gasteiger partial charge in [-0.2, -0.15) is 26.3 Å². The van der Waals surface area contributed by atoms with Crippen LogP contribution < -0.4 is 4.74 Å². The van der Waals surface area contributed by atoms with Crippen molar-refractivity contribution in [1.82, 2.24) is 14.8 Å². The maximum atomic E-state index is 12.7. The molecule has 2 aliphatic rings. The van der Waals surface area contributed by atoms with Gasteiger partial charge in [-0.3, -0.25) is 9.69 Å². The van der Waals surface area contributed by atoms with Gasteiger partial charge in [0.25, 0.3) is 0 Å². The second-order valence-corrected chi connectivity index (χ2v) is 6.94. The van der Waals surface area contributed by atoms with Crippen molar-refractivity contribution in [3.8, 4) is 5.88 Å². The molecule has 0 aromatic carbocycles. The maximum Gasteiger partial charge on any atom is 0.433 e. The molecule has 1 aromatic rings. The number of fused-ring (bicyclic) bond motifs is 1. The first-order valence-corrected chi connectivity index (χ1v) is 8.81. The van der Waals surface area contributed by atoms with Crippen molar-refractivity contribution < 1.29 is 35.9 Å². The topological polar surface area (TPSA) is 45.7 Å². The Bertz CT molecular complexity index is 709. The highest BCUT2D eigenvalue weighted by Gasteiger charge is 2.39. The Morgan fingerprint density at radius 2 is 1.89 bits per heavy atom. The predicted molar refractivity (Wildman–Crippen MR) is 85.5 cm³/mol. The van der Waals surface area contributed by atoms with Gasteiger partial charge >= 0.3 is 12.4 Å². The standard InChI is InChI=1S/C17H19F6N3O2/c18-16(19,20)5-4-15(27)26-7-6-25-10-12(8-11(25)9-26)28-14-3-1-2-13(24-14)17(21,22)23/h1-3,11-12H,4-10H2/t11-,12+/m0/s1. The Morgan fingerprint density at radius 3 is 2.57 bits per heavy atom. The number of piperazine rings is 1. The van der Waals surface area contributed by atoms with E-state index in [1.807, 2.05) is 4.90 Å². The molecule has 2 saturated heterocycles. The number of rotatable bonds is 4. The second kappa shape index (κ2) is 7.76. The minimum Gasteiger partial charge on any atom is -0.473 e. The number of hydrogen-bond donors (Lipinski definition) is 0. The molecule has 2 atom stereocenters. The molecule has 1 amide bonds. The van der Waals surface area contributed by atoms with E-state index in [9.17, 15) is 31.1 Å². The number of halogens is 6. The molecule has 28 heavy (non-hydrogen) atoms. The average molecular weight is 411 g/mol. The van der Waals surface area contributed by atoms with Gasteiger partial charge in [-0.15, -0.1) is 0 Å². The number of amides is 1. The number of ether oxygens (including phenoxy) is 1. The number of hydrogen-bond acceptors (Lipinski definition) is 4. The molecular formula is C17H19F6N3O2. The SMILES string of the molecule is O=C(CCC(F)(F)F)N1CCN2C[C@H](Oc3cccc(C(F)(F)F)n3)C[C@H]2C1. The van der Waals surface area contributed by atoms with Crippen LogP contribution in [-0.2, 0) is 11.0 Å². The molecule has 0 spiro atoms. The number of pyridine rings is 1. The van der Waals surface area contributed by atoms with Gasteiger partial charge in [0.15, 0.2) is 0 Å². The monoisotopic (exact) mass is 411 g/mol. The van der Waals surface area contributed by atoms with Crippen LogP contribution in [0.3, 0.4) is 0 Å². The molecule has 0 unspecified atom stereocenters. The largest absolute Gasteiger partial charge is 0.473 e. The van der Waals surface area contributed by atoms with Crippen LogP contribution in [0.15, 0.2) is 18.2 Å². The van der Waals surface area contributed by atoms with E-state index in [-0.39, 0.29) is 18.5 Å². The molecule has 1 aromatic heterocycles. The summed E-state index contributed by atoms with van der Waals surface area (Å²) in [5, 5.41) is 0. The molecule has 2 aliphatic heterocycles. The summed E-state index contributed by atoms with van der Waals surface area (Å²) < 4.78 is 80.7. The van der Waals surface area contributed by atoms with Gasteiger partial charge < -0.3 is 9.64 Å². The summed E-state index contributed by atoms with van der Waals surface area (Å²) in [6.45, 7) is 1.56. The fourth-order valence-corrected chi connectivity index (χ4v) is 3.52. The van der Waals surface area contributed by atoms with E-state index in [1.54, 1.807) is 0 Å². The van der Waals surface area contributed by atoms with Crippen LogP contribution in [0.5, 0.6) is 5.88 Å². The molecule has 2 fully saturated rings. The van der Waals surface area contributed by atoms with Gasteiger partial charge in [0.2, 0.25) is 11.8 Å². The normalized spacial score (nSPS) is 23.6. The van der Waals surface area contributed by atoms with Crippen LogP contribution >= 0.6 is 0 Å². The third kappa shape index (κ3) is 5.27. The lowest BCUT2D eigenvalue weighted by Gasteiger charge is -2.37. The number of carbonyl (C=O) groups is 1. The van der Waals surface area contributed by atoms with Crippen LogP contribution in [0.1, 0.15) is 25.0 Å². The Hall–Kier alpha value is -2.04. The highest BCUT2D eigenvalue weighted by atomic mass is 19.4. The molecule has 0 bridgehead atoms. The minimum atomic E-state index is -4.57. The first-order chi connectivity index (χ1) is 13.0. The quantitative estimate of drug-likeness (QED) is 0.715. The minimum absolute atomic E-state index is 0.0978. The first kappa shape index (κ1) is 20.7. The molecular weight excluding hydrogens is 392 g/mol. The predicted octanol–water partition coefficient (Wildman–Crippen LogP) is 3.11. The Labute approximate surface area is 157 Å². The van der Waals surface area contributed by atoms with Crippen LogP contribution in [0.2, 0.25) is 0 Å². The fourth-order valence-electron chi connectivity index (χ4n) is 3.52. The summed E-state index contributed by atoms with van der Waals surface area (Å²) in [5.74, 6) is -0.668. The lowest BCUT2D eigenvalue weighted by molar-refractivity contribution is -0.150. The van der Waals surface area contributed by atoms with Gasteiger partial charge in [-0.25, -0.2) is 4.98 Å². The molecule has 11 heteroatoms. The highest BCUT2D eigenvalue weighted by molar-refractivity contribution is 5.76. The summed E-state index contributed by atoms with van der Waals surface area (Å²) in [6, 6.07) is 3.32. The van der Waals surface area contributed by atoms with E-state index in [1.165, 1.54) is 17.0 Å². The molecule has 3 heterocycles. The van der Waals surface area contributed by atoms with Crippen molar-refractivity contribution in [3.63, 3.8) is 0 Å². The Kier molecular flexibility index (Phi) is 5.74. The maximum absolute atomic E-state index is 12.7. The molecule has 3 rings (SSSR count). The molecule has 0 N–H and O–H groups in total.